The van der Waals surface area contributed by atoms with E-state index in [0.29, 0.717) is 22.4 Å². The number of rotatable bonds is 3. The minimum Gasteiger partial charge on any atom is -0.496 e. The molecule has 2 rings (SSSR count). The fourth-order valence-corrected chi connectivity index (χ4v) is 1.98. The minimum atomic E-state index is -0.0526. The number of pyridine rings is 1. The van der Waals surface area contributed by atoms with Crippen LogP contribution in [0.15, 0.2) is 23.0 Å². The van der Waals surface area contributed by atoms with Crippen LogP contribution in [0.4, 0.5) is 0 Å². The van der Waals surface area contributed by atoms with Crippen LogP contribution in [-0.2, 0) is 0 Å². The molecule has 0 unspecified atom stereocenters. The van der Waals surface area contributed by atoms with Gasteiger partial charge in [0.15, 0.2) is 5.43 Å². The van der Waals surface area contributed by atoms with E-state index in [1.807, 2.05) is 13.8 Å². The van der Waals surface area contributed by atoms with Crippen LogP contribution in [0, 0.1) is 0 Å². The molecule has 0 bridgehead atoms. The van der Waals surface area contributed by atoms with Crippen molar-refractivity contribution in [3.63, 3.8) is 0 Å². The van der Waals surface area contributed by atoms with E-state index in [9.17, 15) is 4.79 Å². The second-order valence-electron chi connectivity index (χ2n) is 4.46. The van der Waals surface area contributed by atoms with Crippen molar-refractivity contribution in [1.29, 1.82) is 0 Å². The second kappa shape index (κ2) is 4.72. The highest BCUT2D eigenvalue weighted by atomic mass is 16.5. The maximum Gasteiger partial charge on any atom is 0.193 e. The molecule has 0 radical (unpaired) electrons. The van der Waals surface area contributed by atoms with Crippen molar-refractivity contribution in [1.82, 2.24) is 4.98 Å². The molecule has 0 saturated carbocycles. The van der Waals surface area contributed by atoms with Crippen LogP contribution in [0.3, 0.4) is 0 Å². The van der Waals surface area contributed by atoms with Crippen LogP contribution in [0.25, 0.3) is 10.9 Å². The summed E-state index contributed by atoms with van der Waals surface area (Å²) in [6.45, 7) is 4.06. The summed E-state index contributed by atoms with van der Waals surface area (Å²) in [5.41, 5.74) is 1.52. The molecule has 2 aromatic rings. The number of aromatic nitrogens is 1. The molecule has 0 aliphatic rings. The first kappa shape index (κ1) is 12.5. The van der Waals surface area contributed by atoms with Gasteiger partial charge in [0.25, 0.3) is 0 Å². The van der Waals surface area contributed by atoms with E-state index in [0.717, 1.165) is 5.69 Å². The van der Waals surface area contributed by atoms with E-state index < -0.39 is 0 Å². The first-order valence-electron chi connectivity index (χ1n) is 5.86. The summed E-state index contributed by atoms with van der Waals surface area (Å²) in [5, 5.41) is 0.529. The molecular weight excluding hydrogens is 230 g/mol. The summed E-state index contributed by atoms with van der Waals surface area (Å²) in [5.74, 6) is 1.45. The zero-order valence-electron chi connectivity index (χ0n) is 11.0. The average molecular weight is 247 g/mol. The number of aromatic amines is 1. The van der Waals surface area contributed by atoms with Crippen molar-refractivity contribution in [2.24, 2.45) is 0 Å². The summed E-state index contributed by atoms with van der Waals surface area (Å²) in [7, 11) is 3.14. The van der Waals surface area contributed by atoms with Gasteiger partial charge < -0.3 is 14.5 Å². The summed E-state index contributed by atoms with van der Waals surface area (Å²) in [6, 6.07) is 5.15. The Bertz CT molecular complexity index is 629. The van der Waals surface area contributed by atoms with E-state index in [1.54, 1.807) is 32.4 Å². The third-order valence-corrected chi connectivity index (χ3v) is 2.99. The van der Waals surface area contributed by atoms with Crippen LogP contribution in [0.5, 0.6) is 11.5 Å². The van der Waals surface area contributed by atoms with E-state index in [1.165, 1.54) is 0 Å². The first-order chi connectivity index (χ1) is 8.58. The molecule has 0 atom stereocenters. The highest BCUT2D eigenvalue weighted by Crippen LogP contribution is 2.30. The van der Waals surface area contributed by atoms with Gasteiger partial charge in [-0.3, -0.25) is 4.79 Å². The highest BCUT2D eigenvalue weighted by molar-refractivity contribution is 5.90. The number of hydrogen-bond acceptors (Lipinski definition) is 3. The molecule has 4 nitrogen and oxygen atoms in total. The molecule has 0 spiro atoms. The summed E-state index contributed by atoms with van der Waals surface area (Å²) < 4.78 is 10.5. The Morgan fingerprint density at radius 1 is 1.11 bits per heavy atom. The predicted octanol–water partition coefficient (Wildman–Crippen LogP) is 2.67. The molecule has 0 fully saturated rings. The Hall–Kier alpha value is -1.97. The molecule has 1 N–H and O–H groups in total. The predicted molar refractivity (Wildman–Crippen MR) is 71.8 cm³/mol. The quantitative estimate of drug-likeness (QED) is 0.907. The number of hydrogen-bond donors (Lipinski definition) is 1. The fourth-order valence-electron chi connectivity index (χ4n) is 1.98. The number of methoxy groups -OCH3 is 2. The van der Waals surface area contributed by atoms with Crippen molar-refractivity contribution in [3.8, 4) is 11.5 Å². The zero-order valence-corrected chi connectivity index (χ0v) is 11.0. The van der Waals surface area contributed by atoms with Gasteiger partial charge in [0.1, 0.15) is 11.5 Å². The van der Waals surface area contributed by atoms with Crippen molar-refractivity contribution in [2.45, 2.75) is 19.8 Å². The second-order valence-corrected chi connectivity index (χ2v) is 4.46. The lowest BCUT2D eigenvalue weighted by Gasteiger charge is -2.12. The largest absolute Gasteiger partial charge is 0.496 e. The smallest absolute Gasteiger partial charge is 0.193 e. The van der Waals surface area contributed by atoms with Gasteiger partial charge >= 0.3 is 0 Å². The van der Waals surface area contributed by atoms with Gasteiger partial charge in [-0.25, -0.2) is 0 Å². The van der Waals surface area contributed by atoms with Gasteiger partial charge in [-0.15, -0.1) is 0 Å². The van der Waals surface area contributed by atoms with Crippen molar-refractivity contribution in [2.75, 3.05) is 14.2 Å². The lowest BCUT2D eigenvalue weighted by Crippen LogP contribution is -2.08. The molecule has 96 valence electrons. The average Bonchev–Trinajstić information content (AvgIpc) is 2.37. The molecular formula is C14H17NO3. The van der Waals surface area contributed by atoms with Gasteiger partial charge in [-0.05, 0) is 18.1 Å². The molecule has 4 heteroatoms. The van der Waals surface area contributed by atoms with Crippen LogP contribution in [-0.4, -0.2) is 19.2 Å². The van der Waals surface area contributed by atoms with Gasteiger partial charge in [-0.2, -0.15) is 0 Å². The van der Waals surface area contributed by atoms with Crippen molar-refractivity contribution < 1.29 is 9.47 Å². The summed E-state index contributed by atoms with van der Waals surface area (Å²) in [6.07, 6.45) is 0. The van der Waals surface area contributed by atoms with Crippen LogP contribution >= 0.6 is 0 Å². The van der Waals surface area contributed by atoms with Crippen LogP contribution in [0.1, 0.15) is 25.5 Å². The normalized spacial score (nSPS) is 10.9. The van der Waals surface area contributed by atoms with Gasteiger partial charge in [0.2, 0.25) is 0 Å². The Kier molecular flexibility index (Phi) is 3.28. The number of benzene rings is 1. The third kappa shape index (κ3) is 1.94. The molecule has 1 aromatic carbocycles. The molecule has 0 aliphatic heterocycles. The monoisotopic (exact) mass is 247 g/mol. The maximum absolute atomic E-state index is 12.2. The molecule has 0 amide bonds. The summed E-state index contributed by atoms with van der Waals surface area (Å²) >= 11 is 0. The number of nitrogens with one attached hydrogen (secondary N) is 1. The van der Waals surface area contributed by atoms with E-state index in [2.05, 4.69) is 4.98 Å². The minimum absolute atomic E-state index is 0.0526. The zero-order chi connectivity index (χ0) is 13.3. The SMILES string of the molecule is COc1ccc(OC)c2c(=O)cc(C(C)C)[nH]c12. The van der Waals surface area contributed by atoms with Crippen LogP contribution in [0.2, 0.25) is 0 Å². The highest BCUT2D eigenvalue weighted by Gasteiger charge is 2.13. The Balaban J connectivity index is 2.89. The van der Waals surface area contributed by atoms with E-state index in [4.69, 9.17) is 9.47 Å². The van der Waals surface area contributed by atoms with Gasteiger partial charge in [-0.1, -0.05) is 13.8 Å². The molecule has 18 heavy (non-hydrogen) atoms. The standard InChI is InChI=1S/C14H17NO3/c1-8(2)9-7-10(16)13-11(17-3)5-6-12(18-4)14(13)15-9/h5-8H,1-4H3,(H,15,16). The number of H-pyrrole nitrogens is 1. The van der Waals surface area contributed by atoms with E-state index in [-0.39, 0.29) is 11.3 Å². The van der Waals surface area contributed by atoms with Crippen molar-refractivity contribution >= 4 is 10.9 Å². The Morgan fingerprint density at radius 3 is 2.28 bits per heavy atom. The van der Waals surface area contributed by atoms with Crippen LogP contribution < -0.4 is 14.9 Å². The molecule has 0 aliphatic carbocycles. The Morgan fingerprint density at radius 2 is 1.72 bits per heavy atom. The molecule has 0 saturated heterocycles. The van der Waals surface area contributed by atoms with Gasteiger partial charge in [0, 0.05) is 11.8 Å². The third-order valence-electron chi connectivity index (χ3n) is 2.99. The molecule has 1 aromatic heterocycles. The summed E-state index contributed by atoms with van der Waals surface area (Å²) in [4.78, 5) is 15.5. The lowest BCUT2D eigenvalue weighted by molar-refractivity contribution is 0.409. The molecule has 1 heterocycles. The first-order valence-corrected chi connectivity index (χ1v) is 5.86. The Labute approximate surface area is 106 Å². The number of fused-ring (bicyclic) bond motifs is 1. The lowest BCUT2D eigenvalue weighted by atomic mass is 10.1. The fraction of sp³-hybridized carbons (Fsp3) is 0.357. The topological polar surface area (TPSA) is 51.3 Å². The van der Waals surface area contributed by atoms with E-state index >= 15 is 0 Å². The number of ether oxygens (including phenoxy) is 2. The maximum atomic E-state index is 12.2. The van der Waals surface area contributed by atoms with Gasteiger partial charge in [0.05, 0.1) is 25.1 Å². The van der Waals surface area contributed by atoms with Crippen molar-refractivity contribution in [3.05, 3.63) is 34.1 Å².